The highest BCUT2D eigenvalue weighted by Gasteiger charge is 2.18. The van der Waals surface area contributed by atoms with Crippen LogP contribution < -0.4 is 0 Å². The normalized spacial score (nSPS) is 11.7. The van der Waals surface area contributed by atoms with Crippen molar-refractivity contribution in [3.05, 3.63) is 158 Å². The van der Waals surface area contributed by atoms with E-state index in [9.17, 15) is 0 Å². The van der Waals surface area contributed by atoms with E-state index in [1.165, 1.54) is 16.2 Å². The molecule has 0 amide bonds. The van der Waals surface area contributed by atoms with Crippen LogP contribution in [0.2, 0.25) is 0 Å². The monoisotopic (exact) mass is 626 g/mol. The van der Waals surface area contributed by atoms with Gasteiger partial charge in [-0.3, -0.25) is 4.98 Å². The Morgan fingerprint density at radius 1 is 0.347 bits per heavy atom. The van der Waals surface area contributed by atoms with Gasteiger partial charge in [-0.1, -0.05) is 115 Å². The summed E-state index contributed by atoms with van der Waals surface area (Å²) in [6, 6.07) is 50.3. The molecule has 7 aromatic carbocycles. The minimum atomic E-state index is 0.620. The smallest absolute Gasteiger partial charge is 0.164 e. The average Bonchev–Trinajstić information content (AvgIpc) is 3.57. The van der Waals surface area contributed by atoms with Gasteiger partial charge in [0.15, 0.2) is 17.5 Å². The standard InChI is InChI=1S/C44H26N4O/c1-2-8-29(9-3-1)42-46-43(30-16-14-27(15-17-30)28-22-24-45-25-23-28)48-44(47-42)31-18-19-36-38(26-31)33-11-5-4-10-32(33)35-20-21-37-34-12-6-7-13-39(34)49-41(37)40(35)36/h1-26H. The van der Waals surface area contributed by atoms with E-state index in [2.05, 4.69) is 96.0 Å². The van der Waals surface area contributed by atoms with Crippen LogP contribution in [-0.2, 0) is 0 Å². The van der Waals surface area contributed by atoms with Crippen molar-refractivity contribution in [3.63, 3.8) is 0 Å². The van der Waals surface area contributed by atoms with Crippen LogP contribution in [0, 0.1) is 0 Å². The second-order valence-corrected chi connectivity index (χ2v) is 12.3. The number of benzene rings is 7. The van der Waals surface area contributed by atoms with Crippen LogP contribution in [0.5, 0.6) is 0 Å². The molecule has 3 aromatic heterocycles. The Hall–Kier alpha value is -6.72. The van der Waals surface area contributed by atoms with Crippen LogP contribution in [0.15, 0.2) is 162 Å². The summed E-state index contributed by atoms with van der Waals surface area (Å²) in [5.74, 6) is 1.87. The van der Waals surface area contributed by atoms with E-state index in [4.69, 9.17) is 19.4 Å². The van der Waals surface area contributed by atoms with Crippen LogP contribution in [0.3, 0.4) is 0 Å². The van der Waals surface area contributed by atoms with E-state index < -0.39 is 0 Å². The summed E-state index contributed by atoms with van der Waals surface area (Å²) in [6.45, 7) is 0. The second kappa shape index (κ2) is 10.9. The van der Waals surface area contributed by atoms with E-state index in [1.807, 2.05) is 67.0 Å². The first kappa shape index (κ1) is 27.4. The molecule has 5 nitrogen and oxygen atoms in total. The molecule has 0 saturated heterocycles. The predicted octanol–water partition coefficient (Wildman–Crippen LogP) is 11.3. The molecule has 10 rings (SSSR count). The molecule has 49 heavy (non-hydrogen) atoms. The molecule has 0 saturated carbocycles. The number of furan rings is 1. The maximum Gasteiger partial charge on any atom is 0.164 e. The first-order valence-electron chi connectivity index (χ1n) is 16.3. The minimum Gasteiger partial charge on any atom is -0.455 e. The van der Waals surface area contributed by atoms with Crippen molar-refractivity contribution in [2.45, 2.75) is 0 Å². The fraction of sp³-hybridized carbons (Fsp3) is 0. The number of nitrogens with zero attached hydrogens (tertiary/aromatic N) is 4. The number of rotatable bonds is 4. The first-order valence-corrected chi connectivity index (χ1v) is 16.3. The summed E-state index contributed by atoms with van der Waals surface area (Å²) in [5, 5.41) is 9.14. The van der Waals surface area contributed by atoms with Gasteiger partial charge in [0.1, 0.15) is 11.2 Å². The third-order valence-electron chi connectivity index (χ3n) is 9.43. The highest BCUT2D eigenvalue weighted by Crippen LogP contribution is 2.42. The van der Waals surface area contributed by atoms with Gasteiger partial charge in [0.2, 0.25) is 0 Å². The maximum atomic E-state index is 6.57. The van der Waals surface area contributed by atoms with Gasteiger partial charge < -0.3 is 4.42 Å². The number of hydrogen-bond acceptors (Lipinski definition) is 5. The topological polar surface area (TPSA) is 64.7 Å². The lowest BCUT2D eigenvalue weighted by Gasteiger charge is -2.13. The van der Waals surface area contributed by atoms with Crippen molar-refractivity contribution in [1.29, 1.82) is 0 Å². The maximum absolute atomic E-state index is 6.57. The van der Waals surface area contributed by atoms with Crippen LogP contribution in [0.4, 0.5) is 0 Å². The predicted molar refractivity (Wildman–Crippen MR) is 199 cm³/mol. The van der Waals surface area contributed by atoms with Crippen molar-refractivity contribution in [3.8, 4) is 45.3 Å². The Kier molecular flexibility index (Phi) is 6.11. The Bertz CT molecular complexity index is 2860. The highest BCUT2D eigenvalue weighted by atomic mass is 16.3. The molecule has 0 aliphatic rings. The van der Waals surface area contributed by atoms with E-state index in [-0.39, 0.29) is 0 Å². The third kappa shape index (κ3) is 4.48. The summed E-state index contributed by atoms with van der Waals surface area (Å²) in [6.07, 6.45) is 3.62. The molecule has 0 N–H and O–H groups in total. The Morgan fingerprint density at radius 3 is 1.61 bits per heavy atom. The average molecular weight is 627 g/mol. The molecule has 0 aliphatic carbocycles. The molecular formula is C44H26N4O. The van der Waals surface area contributed by atoms with Gasteiger partial charge in [0.05, 0.1) is 0 Å². The number of pyridine rings is 1. The third-order valence-corrected chi connectivity index (χ3v) is 9.43. The molecule has 10 aromatic rings. The lowest BCUT2D eigenvalue weighted by molar-refractivity contribution is 0.673. The Balaban J connectivity index is 1.20. The lowest BCUT2D eigenvalue weighted by Crippen LogP contribution is -2.00. The minimum absolute atomic E-state index is 0.620. The van der Waals surface area contributed by atoms with Gasteiger partial charge in [0, 0.05) is 45.2 Å². The zero-order valence-electron chi connectivity index (χ0n) is 26.2. The van der Waals surface area contributed by atoms with Gasteiger partial charge in [-0.25, -0.2) is 15.0 Å². The SMILES string of the molecule is c1ccc(-c2nc(-c3ccc(-c4ccncc4)cc3)nc(-c3ccc4c(c3)c3ccccc3c3ccc5c6ccccc6oc5c34)n2)cc1. The molecule has 0 fully saturated rings. The van der Waals surface area contributed by atoms with Gasteiger partial charge >= 0.3 is 0 Å². The first-order chi connectivity index (χ1) is 24.3. The lowest BCUT2D eigenvalue weighted by atomic mass is 9.92. The van der Waals surface area contributed by atoms with Crippen LogP contribution in [0.25, 0.3) is 99.5 Å². The summed E-state index contributed by atoms with van der Waals surface area (Å²) >= 11 is 0. The van der Waals surface area contributed by atoms with Crippen molar-refractivity contribution < 1.29 is 4.42 Å². The molecule has 0 bridgehead atoms. The quantitative estimate of drug-likeness (QED) is 0.182. The number of fused-ring (bicyclic) bond motifs is 10. The molecule has 3 heterocycles. The fourth-order valence-electron chi connectivity index (χ4n) is 7.06. The van der Waals surface area contributed by atoms with Gasteiger partial charge in [-0.2, -0.15) is 0 Å². The van der Waals surface area contributed by atoms with E-state index >= 15 is 0 Å². The van der Waals surface area contributed by atoms with Gasteiger partial charge in [-0.15, -0.1) is 0 Å². The fourth-order valence-corrected chi connectivity index (χ4v) is 7.06. The van der Waals surface area contributed by atoms with Crippen molar-refractivity contribution in [2.75, 3.05) is 0 Å². The molecule has 5 heteroatoms. The van der Waals surface area contributed by atoms with Crippen LogP contribution >= 0.6 is 0 Å². The van der Waals surface area contributed by atoms with Crippen molar-refractivity contribution >= 4 is 54.3 Å². The number of para-hydroxylation sites is 1. The summed E-state index contributed by atoms with van der Waals surface area (Å²) in [4.78, 5) is 19.2. The van der Waals surface area contributed by atoms with E-state index in [1.54, 1.807) is 0 Å². The highest BCUT2D eigenvalue weighted by molar-refractivity contribution is 6.32. The molecular weight excluding hydrogens is 601 g/mol. The molecule has 0 unspecified atom stereocenters. The molecule has 0 aliphatic heterocycles. The molecule has 228 valence electrons. The summed E-state index contributed by atoms with van der Waals surface area (Å²) < 4.78 is 6.57. The van der Waals surface area contributed by atoms with Crippen molar-refractivity contribution in [2.24, 2.45) is 0 Å². The second-order valence-electron chi connectivity index (χ2n) is 12.3. The van der Waals surface area contributed by atoms with Crippen LogP contribution in [-0.4, -0.2) is 19.9 Å². The van der Waals surface area contributed by atoms with Gasteiger partial charge in [0.25, 0.3) is 0 Å². The zero-order valence-corrected chi connectivity index (χ0v) is 26.2. The number of aromatic nitrogens is 4. The molecule has 0 spiro atoms. The Labute approximate surface area is 281 Å². The zero-order chi connectivity index (χ0) is 32.3. The van der Waals surface area contributed by atoms with Crippen LogP contribution in [0.1, 0.15) is 0 Å². The summed E-state index contributed by atoms with van der Waals surface area (Å²) in [5.41, 5.74) is 6.79. The van der Waals surface area contributed by atoms with Crippen molar-refractivity contribution in [1.82, 2.24) is 19.9 Å². The molecule has 0 radical (unpaired) electrons. The van der Waals surface area contributed by atoms with E-state index in [0.717, 1.165) is 65.9 Å². The molecule has 0 atom stereocenters. The van der Waals surface area contributed by atoms with Gasteiger partial charge in [-0.05, 0) is 68.4 Å². The van der Waals surface area contributed by atoms with E-state index in [0.29, 0.717) is 17.5 Å². The largest absolute Gasteiger partial charge is 0.455 e. The summed E-state index contributed by atoms with van der Waals surface area (Å²) in [7, 11) is 0. The number of hydrogen-bond donors (Lipinski definition) is 0. The Morgan fingerprint density at radius 2 is 0.857 bits per heavy atom.